The molecule has 2 heterocycles. The maximum absolute atomic E-state index is 10.6. The van der Waals surface area contributed by atoms with Gasteiger partial charge >= 0.3 is 0 Å². The Morgan fingerprint density at radius 1 is 1.03 bits per heavy atom. The molecule has 0 fully saturated rings. The highest BCUT2D eigenvalue weighted by Gasteiger charge is 2.18. The van der Waals surface area contributed by atoms with E-state index in [-0.39, 0.29) is 13.4 Å². The van der Waals surface area contributed by atoms with Gasteiger partial charge in [-0.05, 0) is 54.8 Å². The molecular formula is C25H29NO5. The fourth-order valence-electron chi connectivity index (χ4n) is 3.74. The maximum atomic E-state index is 10.6. The van der Waals surface area contributed by atoms with Crippen LogP contribution in [0.25, 0.3) is 0 Å². The predicted octanol–water partition coefficient (Wildman–Crippen LogP) is 4.21. The van der Waals surface area contributed by atoms with Crippen molar-refractivity contribution in [2.45, 2.75) is 39.6 Å². The second kappa shape index (κ2) is 10.0. The molecule has 1 aliphatic rings. The van der Waals surface area contributed by atoms with E-state index in [0.717, 1.165) is 29.4 Å². The number of benzene rings is 2. The van der Waals surface area contributed by atoms with E-state index in [1.165, 1.54) is 16.7 Å². The van der Waals surface area contributed by atoms with Crippen LogP contribution in [-0.2, 0) is 24.4 Å². The standard InChI is InChI=1S/C25H29NO5/c1-18-5-6-19(2)21(10-18)13-26(12-20-7-8-24-25(11-20)31-17-30-24)14-22(27)15-28-16-23-4-3-9-29-23/h3-11,22,27H,12-17H2,1-2H3. The average Bonchev–Trinajstić information content (AvgIpc) is 3.42. The van der Waals surface area contributed by atoms with Gasteiger partial charge in [-0.15, -0.1) is 0 Å². The lowest BCUT2D eigenvalue weighted by molar-refractivity contribution is 0.00250. The van der Waals surface area contributed by atoms with Crippen LogP contribution in [0.1, 0.15) is 28.0 Å². The van der Waals surface area contributed by atoms with Crippen molar-refractivity contribution in [1.82, 2.24) is 4.90 Å². The highest BCUT2D eigenvalue weighted by atomic mass is 16.7. The monoisotopic (exact) mass is 423 g/mol. The van der Waals surface area contributed by atoms with Crippen LogP contribution in [0.3, 0.4) is 0 Å². The Hall–Kier alpha value is -2.80. The van der Waals surface area contributed by atoms with Crippen molar-refractivity contribution in [3.8, 4) is 11.5 Å². The summed E-state index contributed by atoms with van der Waals surface area (Å²) < 4.78 is 21.9. The molecule has 1 atom stereocenters. The average molecular weight is 424 g/mol. The topological polar surface area (TPSA) is 64.3 Å². The van der Waals surface area contributed by atoms with E-state index in [1.54, 1.807) is 6.26 Å². The largest absolute Gasteiger partial charge is 0.467 e. The van der Waals surface area contributed by atoms with Gasteiger partial charge in [-0.3, -0.25) is 4.90 Å². The molecule has 1 unspecified atom stereocenters. The smallest absolute Gasteiger partial charge is 0.231 e. The molecule has 31 heavy (non-hydrogen) atoms. The molecule has 1 aliphatic heterocycles. The third-order valence-corrected chi connectivity index (χ3v) is 5.35. The second-order valence-electron chi connectivity index (χ2n) is 8.04. The molecule has 4 rings (SSSR count). The third kappa shape index (κ3) is 5.88. The zero-order chi connectivity index (χ0) is 21.6. The van der Waals surface area contributed by atoms with Gasteiger partial charge < -0.3 is 23.7 Å². The number of hydrogen-bond donors (Lipinski definition) is 1. The summed E-state index contributed by atoms with van der Waals surface area (Å²) in [7, 11) is 0. The molecule has 3 aromatic rings. The molecule has 0 aliphatic carbocycles. The summed E-state index contributed by atoms with van der Waals surface area (Å²) >= 11 is 0. The van der Waals surface area contributed by atoms with Crippen molar-refractivity contribution in [2.24, 2.45) is 0 Å². The van der Waals surface area contributed by atoms with E-state index >= 15 is 0 Å². The molecule has 0 saturated carbocycles. The first-order valence-electron chi connectivity index (χ1n) is 10.5. The van der Waals surface area contributed by atoms with E-state index in [1.807, 2.05) is 30.3 Å². The van der Waals surface area contributed by atoms with Gasteiger partial charge in [0.2, 0.25) is 6.79 Å². The number of rotatable bonds is 10. The van der Waals surface area contributed by atoms with Crippen molar-refractivity contribution < 1.29 is 23.7 Å². The van der Waals surface area contributed by atoms with Gasteiger partial charge in [0, 0.05) is 19.6 Å². The molecule has 1 N–H and O–H groups in total. The molecule has 6 heteroatoms. The minimum absolute atomic E-state index is 0.241. The summed E-state index contributed by atoms with van der Waals surface area (Å²) in [5, 5.41) is 10.6. The van der Waals surface area contributed by atoms with E-state index in [0.29, 0.717) is 19.7 Å². The number of ether oxygens (including phenoxy) is 3. The Morgan fingerprint density at radius 2 is 1.90 bits per heavy atom. The van der Waals surface area contributed by atoms with Crippen LogP contribution in [-0.4, -0.2) is 36.1 Å². The lowest BCUT2D eigenvalue weighted by Gasteiger charge is -2.26. The number of aryl methyl sites for hydroxylation is 2. The Balaban J connectivity index is 1.42. The molecule has 0 bridgehead atoms. The maximum Gasteiger partial charge on any atom is 0.231 e. The first-order chi connectivity index (χ1) is 15.1. The fraction of sp³-hybridized carbons (Fsp3) is 0.360. The van der Waals surface area contributed by atoms with Crippen LogP contribution in [0.5, 0.6) is 11.5 Å². The molecule has 1 aromatic heterocycles. The predicted molar refractivity (Wildman–Crippen MR) is 117 cm³/mol. The molecule has 164 valence electrons. The summed E-state index contributed by atoms with van der Waals surface area (Å²) in [5.74, 6) is 2.29. The van der Waals surface area contributed by atoms with Crippen molar-refractivity contribution >= 4 is 0 Å². The minimum Gasteiger partial charge on any atom is -0.467 e. The number of furan rings is 1. The summed E-state index contributed by atoms with van der Waals surface area (Å²) in [6.07, 6.45) is 1.00. The van der Waals surface area contributed by atoms with Crippen molar-refractivity contribution in [3.63, 3.8) is 0 Å². The Bertz CT molecular complexity index is 986. The SMILES string of the molecule is Cc1ccc(C)c(CN(Cc2ccc3c(c2)OCO3)CC(O)COCc2ccco2)c1. The highest BCUT2D eigenvalue weighted by Crippen LogP contribution is 2.33. The number of aliphatic hydroxyl groups is 1. The number of fused-ring (bicyclic) bond motifs is 1. The quantitative estimate of drug-likeness (QED) is 0.527. The van der Waals surface area contributed by atoms with Gasteiger partial charge in [-0.25, -0.2) is 0 Å². The van der Waals surface area contributed by atoms with E-state index in [9.17, 15) is 5.11 Å². The van der Waals surface area contributed by atoms with Gasteiger partial charge in [-0.2, -0.15) is 0 Å². The minimum atomic E-state index is -0.617. The van der Waals surface area contributed by atoms with Crippen LogP contribution in [0.4, 0.5) is 0 Å². The van der Waals surface area contributed by atoms with Gasteiger partial charge in [-0.1, -0.05) is 29.8 Å². The molecule has 0 saturated heterocycles. The van der Waals surface area contributed by atoms with Crippen LogP contribution in [0, 0.1) is 13.8 Å². The van der Waals surface area contributed by atoms with Crippen molar-refractivity contribution in [1.29, 1.82) is 0 Å². The second-order valence-corrected chi connectivity index (χ2v) is 8.04. The first-order valence-corrected chi connectivity index (χ1v) is 10.5. The summed E-state index contributed by atoms with van der Waals surface area (Å²) in [6.45, 7) is 6.97. The zero-order valence-corrected chi connectivity index (χ0v) is 18.0. The molecule has 2 aromatic carbocycles. The first kappa shape index (κ1) is 21.4. The fourth-order valence-corrected chi connectivity index (χ4v) is 3.74. The Morgan fingerprint density at radius 3 is 2.74 bits per heavy atom. The third-order valence-electron chi connectivity index (χ3n) is 5.35. The highest BCUT2D eigenvalue weighted by molar-refractivity contribution is 5.44. The van der Waals surface area contributed by atoms with Crippen molar-refractivity contribution in [3.05, 3.63) is 82.8 Å². The lowest BCUT2D eigenvalue weighted by atomic mass is 10.0. The van der Waals surface area contributed by atoms with E-state index in [4.69, 9.17) is 18.6 Å². The normalized spacial score (nSPS) is 13.7. The molecule has 6 nitrogen and oxygen atoms in total. The van der Waals surface area contributed by atoms with Crippen LogP contribution < -0.4 is 9.47 Å². The number of nitrogens with zero attached hydrogens (tertiary/aromatic N) is 1. The van der Waals surface area contributed by atoms with E-state index in [2.05, 4.69) is 36.9 Å². The van der Waals surface area contributed by atoms with Crippen LogP contribution in [0.2, 0.25) is 0 Å². The lowest BCUT2D eigenvalue weighted by Crippen LogP contribution is -2.34. The van der Waals surface area contributed by atoms with Crippen molar-refractivity contribution in [2.75, 3.05) is 19.9 Å². The molecule has 0 radical (unpaired) electrons. The van der Waals surface area contributed by atoms with Gasteiger partial charge in [0.25, 0.3) is 0 Å². The Kier molecular flexibility index (Phi) is 6.92. The van der Waals surface area contributed by atoms with E-state index < -0.39 is 6.10 Å². The zero-order valence-electron chi connectivity index (χ0n) is 18.0. The molecule has 0 amide bonds. The summed E-state index contributed by atoms with van der Waals surface area (Å²) in [5.41, 5.74) is 4.83. The van der Waals surface area contributed by atoms with Gasteiger partial charge in [0.05, 0.1) is 19.0 Å². The molecular weight excluding hydrogens is 394 g/mol. The van der Waals surface area contributed by atoms with Crippen LogP contribution >= 0.6 is 0 Å². The van der Waals surface area contributed by atoms with Crippen LogP contribution in [0.15, 0.2) is 59.2 Å². The molecule has 0 spiro atoms. The number of aliphatic hydroxyl groups excluding tert-OH is 1. The van der Waals surface area contributed by atoms with Gasteiger partial charge in [0.15, 0.2) is 11.5 Å². The number of hydrogen-bond acceptors (Lipinski definition) is 6. The van der Waals surface area contributed by atoms with Gasteiger partial charge in [0.1, 0.15) is 12.4 Å². The Labute approximate surface area is 183 Å². The summed E-state index contributed by atoms with van der Waals surface area (Å²) in [4.78, 5) is 2.24. The summed E-state index contributed by atoms with van der Waals surface area (Å²) in [6, 6.07) is 16.2.